The molecule has 2 saturated carbocycles. The van der Waals surface area contributed by atoms with E-state index >= 15 is 0 Å². The lowest BCUT2D eigenvalue weighted by Crippen LogP contribution is -2.44. The summed E-state index contributed by atoms with van der Waals surface area (Å²) in [6.45, 7) is 0. The summed E-state index contributed by atoms with van der Waals surface area (Å²) in [7, 11) is -3.75. The molecule has 3 rings (SSSR count). The quantitative estimate of drug-likeness (QED) is 0.792. The number of aliphatic carboxylic acids is 1. The van der Waals surface area contributed by atoms with Gasteiger partial charge in [0.05, 0.1) is 10.8 Å². The van der Waals surface area contributed by atoms with Crippen LogP contribution in [0.4, 0.5) is 0 Å². The average molecular weight is 366 g/mol. The lowest BCUT2D eigenvalue weighted by molar-refractivity contribution is -0.143. The summed E-state index contributed by atoms with van der Waals surface area (Å²) in [5.74, 6) is -1.87. The number of sulfonamides is 1. The number of amides is 1. The number of rotatable bonds is 6. The topological polar surface area (TPSA) is 118 Å². The highest BCUT2D eigenvalue weighted by atomic mass is 32.2. The Hall–Kier alpha value is -1.93. The largest absolute Gasteiger partial charge is 0.481 e. The third-order valence-electron chi connectivity index (χ3n) is 5.01. The van der Waals surface area contributed by atoms with Crippen molar-refractivity contribution in [2.45, 2.75) is 55.5 Å². The van der Waals surface area contributed by atoms with Gasteiger partial charge in [0, 0.05) is 17.6 Å². The van der Waals surface area contributed by atoms with Crippen molar-refractivity contribution in [3.8, 4) is 0 Å². The Bertz CT molecular complexity index is 780. The number of carboxylic acid groups (broad SMARTS) is 1. The van der Waals surface area contributed by atoms with Gasteiger partial charge in [0.15, 0.2) is 0 Å². The summed E-state index contributed by atoms with van der Waals surface area (Å²) in [5, 5.41) is 9.13. The molecule has 8 heteroatoms. The molecule has 0 atom stereocenters. The standard InChI is InChI=1S/C17H22N2O5S/c18-16(20)12-2-1-3-15(10-12)25(23,24)19(14-8-9-14)13-6-4-11(5-7-13)17(21)22/h1-3,10-11,13-14H,4-9H2,(H2,18,20)(H,21,22). The van der Waals surface area contributed by atoms with Gasteiger partial charge in [-0.2, -0.15) is 4.31 Å². The Morgan fingerprint density at radius 2 is 1.60 bits per heavy atom. The Kier molecular flexibility index (Phi) is 4.83. The van der Waals surface area contributed by atoms with E-state index in [0.29, 0.717) is 25.7 Å². The molecule has 0 radical (unpaired) electrons. The zero-order valence-electron chi connectivity index (χ0n) is 13.8. The Labute approximate surface area is 146 Å². The van der Waals surface area contributed by atoms with Crippen LogP contribution in [-0.2, 0) is 14.8 Å². The average Bonchev–Trinajstić information content (AvgIpc) is 3.40. The van der Waals surface area contributed by atoms with Crippen LogP contribution in [0.2, 0.25) is 0 Å². The van der Waals surface area contributed by atoms with Crippen LogP contribution in [-0.4, -0.2) is 41.8 Å². The third kappa shape index (κ3) is 3.69. The maximum absolute atomic E-state index is 13.2. The van der Waals surface area contributed by atoms with E-state index in [9.17, 15) is 18.0 Å². The van der Waals surface area contributed by atoms with E-state index in [1.807, 2.05) is 0 Å². The summed E-state index contributed by atoms with van der Waals surface area (Å²) in [4.78, 5) is 22.5. The van der Waals surface area contributed by atoms with Crippen molar-refractivity contribution >= 4 is 21.9 Å². The molecule has 1 aromatic rings. The molecular formula is C17H22N2O5S. The van der Waals surface area contributed by atoms with Gasteiger partial charge in [-0.15, -0.1) is 0 Å². The fraction of sp³-hybridized carbons (Fsp3) is 0.529. The molecule has 0 unspecified atom stereocenters. The van der Waals surface area contributed by atoms with E-state index in [1.54, 1.807) is 4.31 Å². The van der Waals surface area contributed by atoms with Crippen molar-refractivity contribution in [3.63, 3.8) is 0 Å². The number of hydrogen-bond acceptors (Lipinski definition) is 4. The molecule has 2 aliphatic carbocycles. The predicted molar refractivity (Wildman–Crippen MR) is 90.4 cm³/mol. The molecule has 3 N–H and O–H groups in total. The number of carboxylic acids is 1. The second kappa shape index (κ2) is 6.76. The van der Waals surface area contributed by atoms with Crippen molar-refractivity contribution in [1.29, 1.82) is 0 Å². The molecule has 0 saturated heterocycles. The molecule has 0 aromatic heterocycles. The van der Waals surface area contributed by atoms with Gasteiger partial charge in [0.2, 0.25) is 15.9 Å². The highest BCUT2D eigenvalue weighted by Crippen LogP contribution is 2.39. The summed E-state index contributed by atoms with van der Waals surface area (Å²) in [6, 6.07) is 5.56. The van der Waals surface area contributed by atoms with Gasteiger partial charge < -0.3 is 10.8 Å². The minimum absolute atomic E-state index is 0.0337. The molecule has 2 aliphatic rings. The van der Waals surface area contributed by atoms with Gasteiger partial charge in [-0.05, 0) is 56.7 Å². The predicted octanol–water partition coefficient (Wildman–Crippen LogP) is 1.58. The summed E-state index contributed by atoms with van der Waals surface area (Å²) >= 11 is 0. The molecule has 2 fully saturated rings. The second-order valence-corrected chi connectivity index (χ2v) is 8.65. The highest BCUT2D eigenvalue weighted by Gasteiger charge is 2.44. The maximum Gasteiger partial charge on any atom is 0.306 e. The minimum atomic E-state index is -3.75. The number of primary amides is 1. The van der Waals surface area contributed by atoms with Gasteiger partial charge in [0.1, 0.15) is 0 Å². The Morgan fingerprint density at radius 1 is 1.04 bits per heavy atom. The molecule has 25 heavy (non-hydrogen) atoms. The van der Waals surface area contributed by atoms with Crippen LogP contribution < -0.4 is 5.73 Å². The van der Waals surface area contributed by atoms with Gasteiger partial charge >= 0.3 is 5.97 Å². The number of carbonyl (C=O) groups is 2. The normalized spacial score (nSPS) is 24.2. The van der Waals surface area contributed by atoms with E-state index in [2.05, 4.69) is 0 Å². The van der Waals surface area contributed by atoms with Crippen molar-refractivity contribution < 1.29 is 23.1 Å². The van der Waals surface area contributed by atoms with Gasteiger partial charge in [-0.3, -0.25) is 9.59 Å². The van der Waals surface area contributed by atoms with Crippen molar-refractivity contribution in [2.75, 3.05) is 0 Å². The maximum atomic E-state index is 13.2. The van der Waals surface area contributed by atoms with Crippen LogP contribution in [0, 0.1) is 5.92 Å². The first kappa shape index (κ1) is 17.9. The van der Waals surface area contributed by atoms with Gasteiger partial charge in [-0.25, -0.2) is 8.42 Å². The lowest BCUT2D eigenvalue weighted by Gasteiger charge is -2.35. The molecule has 1 aromatic carbocycles. The molecule has 1 amide bonds. The lowest BCUT2D eigenvalue weighted by atomic mass is 9.86. The van der Waals surface area contributed by atoms with Crippen LogP contribution in [0.25, 0.3) is 0 Å². The number of hydrogen-bond donors (Lipinski definition) is 2. The fourth-order valence-corrected chi connectivity index (χ4v) is 5.50. The SMILES string of the molecule is NC(=O)c1cccc(S(=O)(=O)N(C2CCC(C(=O)O)CC2)C2CC2)c1. The molecule has 0 aliphatic heterocycles. The minimum Gasteiger partial charge on any atom is -0.481 e. The van der Waals surface area contributed by atoms with Gasteiger partial charge in [-0.1, -0.05) is 6.07 Å². The van der Waals surface area contributed by atoms with E-state index in [4.69, 9.17) is 10.8 Å². The molecule has 7 nitrogen and oxygen atoms in total. The molecule has 0 bridgehead atoms. The second-order valence-electron chi connectivity index (χ2n) is 6.80. The van der Waals surface area contributed by atoms with E-state index in [1.165, 1.54) is 24.3 Å². The van der Waals surface area contributed by atoms with E-state index < -0.39 is 27.8 Å². The zero-order chi connectivity index (χ0) is 18.2. The van der Waals surface area contributed by atoms with Crippen LogP contribution >= 0.6 is 0 Å². The number of benzene rings is 1. The van der Waals surface area contributed by atoms with Crippen LogP contribution in [0.5, 0.6) is 0 Å². The first-order valence-corrected chi connectivity index (χ1v) is 9.91. The van der Waals surface area contributed by atoms with Crippen LogP contribution in [0.3, 0.4) is 0 Å². The van der Waals surface area contributed by atoms with Crippen LogP contribution in [0.1, 0.15) is 48.9 Å². The van der Waals surface area contributed by atoms with Gasteiger partial charge in [0.25, 0.3) is 0 Å². The summed E-state index contributed by atoms with van der Waals surface area (Å²) < 4.78 is 27.9. The van der Waals surface area contributed by atoms with Crippen LogP contribution in [0.15, 0.2) is 29.2 Å². The Morgan fingerprint density at radius 3 is 2.08 bits per heavy atom. The Balaban J connectivity index is 1.86. The summed E-state index contributed by atoms with van der Waals surface area (Å²) in [6.07, 6.45) is 3.69. The van der Waals surface area contributed by atoms with Crippen molar-refractivity contribution in [3.05, 3.63) is 29.8 Å². The first-order valence-electron chi connectivity index (χ1n) is 8.47. The fourth-order valence-electron chi connectivity index (χ4n) is 3.53. The molecule has 136 valence electrons. The van der Waals surface area contributed by atoms with Crippen molar-refractivity contribution in [1.82, 2.24) is 4.31 Å². The van der Waals surface area contributed by atoms with E-state index in [0.717, 1.165) is 12.8 Å². The van der Waals surface area contributed by atoms with Crippen molar-refractivity contribution in [2.24, 2.45) is 11.7 Å². The monoisotopic (exact) mass is 366 g/mol. The summed E-state index contributed by atoms with van der Waals surface area (Å²) in [5.41, 5.74) is 5.42. The smallest absolute Gasteiger partial charge is 0.306 e. The van der Waals surface area contributed by atoms with E-state index in [-0.39, 0.29) is 22.5 Å². The number of carbonyl (C=O) groups excluding carboxylic acids is 1. The first-order chi connectivity index (χ1) is 11.8. The molecule has 0 heterocycles. The third-order valence-corrected chi connectivity index (χ3v) is 7.01. The zero-order valence-corrected chi connectivity index (χ0v) is 14.6. The molecule has 0 spiro atoms. The highest BCUT2D eigenvalue weighted by molar-refractivity contribution is 7.89. The number of nitrogens with two attached hydrogens (primary N) is 1. The number of nitrogens with zero attached hydrogens (tertiary/aromatic N) is 1. The molecular weight excluding hydrogens is 344 g/mol.